The van der Waals surface area contributed by atoms with Crippen LogP contribution in [0.2, 0.25) is 0 Å². The standard InChI is InChI=1S/C12H14N2O5/c1-3-13(2)12(16)8-19-11-5-4-9(7-15)6-10(11)14(17)18/h4-7H,3,8H2,1-2H3. The number of rotatable bonds is 6. The quantitative estimate of drug-likeness (QED) is 0.439. The molecule has 0 spiro atoms. The average Bonchev–Trinajstić information content (AvgIpc) is 2.43. The number of benzene rings is 1. The van der Waals surface area contributed by atoms with Crippen LogP contribution >= 0.6 is 0 Å². The third kappa shape index (κ3) is 3.77. The highest BCUT2D eigenvalue weighted by Gasteiger charge is 2.17. The zero-order valence-electron chi connectivity index (χ0n) is 10.7. The first-order chi connectivity index (χ1) is 8.99. The molecule has 7 heteroatoms. The van der Waals surface area contributed by atoms with Crippen molar-refractivity contribution in [3.63, 3.8) is 0 Å². The van der Waals surface area contributed by atoms with Crippen molar-refractivity contribution < 1.29 is 19.2 Å². The number of likely N-dealkylation sites (N-methyl/N-ethyl adjacent to an activating group) is 1. The topological polar surface area (TPSA) is 89.8 Å². The van der Waals surface area contributed by atoms with Gasteiger partial charge in [0.25, 0.3) is 5.91 Å². The molecular weight excluding hydrogens is 252 g/mol. The minimum absolute atomic E-state index is 0.0338. The molecule has 0 atom stereocenters. The molecular formula is C12H14N2O5. The van der Waals surface area contributed by atoms with E-state index in [2.05, 4.69) is 0 Å². The molecule has 0 saturated carbocycles. The zero-order chi connectivity index (χ0) is 14.4. The van der Waals surface area contributed by atoms with Crippen LogP contribution < -0.4 is 4.74 Å². The van der Waals surface area contributed by atoms with E-state index in [1.54, 1.807) is 14.0 Å². The van der Waals surface area contributed by atoms with Crippen LogP contribution in [0, 0.1) is 10.1 Å². The number of hydrogen-bond donors (Lipinski definition) is 0. The third-order valence-corrected chi connectivity index (χ3v) is 2.57. The van der Waals surface area contributed by atoms with Crippen molar-refractivity contribution >= 4 is 17.9 Å². The van der Waals surface area contributed by atoms with Gasteiger partial charge in [-0.3, -0.25) is 19.7 Å². The molecule has 19 heavy (non-hydrogen) atoms. The Morgan fingerprint density at radius 1 is 1.53 bits per heavy atom. The fourth-order valence-corrected chi connectivity index (χ4v) is 1.30. The molecule has 0 saturated heterocycles. The molecule has 0 heterocycles. The number of aldehydes is 1. The van der Waals surface area contributed by atoms with E-state index in [1.807, 2.05) is 0 Å². The molecule has 0 aromatic heterocycles. The van der Waals surface area contributed by atoms with Gasteiger partial charge >= 0.3 is 5.69 Å². The second-order valence-corrected chi connectivity index (χ2v) is 3.80. The number of hydrogen-bond acceptors (Lipinski definition) is 5. The SMILES string of the molecule is CCN(C)C(=O)COc1ccc(C=O)cc1[N+](=O)[O-]. The first kappa shape index (κ1) is 14.6. The molecule has 1 rings (SSSR count). The lowest BCUT2D eigenvalue weighted by molar-refractivity contribution is -0.385. The Morgan fingerprint density at radius 3 is 2.74 bits per heavy atom. The Bertz CT molecular complexity index is 501. The monoisotopic (exact) mass is 266 g/mol. The number of ether oxygens (including phenoxy) is 1. The van der Waals surface area contributed by atoms with Gasteiger partial charge in [0.2, 0.25) is 0 Å². The van der Waals surface area contributed by atoms with Crippen molar-refractivity contribution in [2.45, 2.75) is 6.92 Å². The van der Waals surface area contributed by atoms with Crippen LogP contribution in [0.15, 0.2) is 18.2 Å². The van der Waals surface area contributed by atoms with Crippen molar-refractivity contribution in [2.75, 3.05) is 20.2 Å². The van der Waals surface area contributed by atoms with Crippen LogP contribution in [-0.4, -0.2) is 42.2 Å². The Kier molecular flexibility index (Phi) is 4.99. The lowest BCUT2D eigenvalue weighted by Gasteiger charge is -2.14. The fraction of sp³-hybridized carbons (Fsp3) is 0.333. The normalized spacial score (nSPS) is 9.79. The van der Waals surface area contributed by atoms with E-state index in [0.29, 0.717) is 12.8 Å². The highest BCUT2D eigenvalue weighted by Crippen LogP contribution is 2.27. The molecule has 1 amide bonds. The van der Waals surface area contributed by atoms with E-state index in [4.69, 9.17) is 4.74 Å². The predicted octanol–water partition coefficient (Wildman–Crippen LogP) is 1.26. The molecule has 1 aromatic rings. The summed E-state index contributed by atoms with van der Waals surface area (Å²) in [7, 11) is 1.61. The predicted molar refractivity (Wildman–Crippen MR) is 67.3 cm³/mol. The number of nitrogens with zero attached hydrogens (tertiary/aromatic N) is 2. The van der Waals surface area contributed by atoms with Crippen molar-refractivity contribution in [1.82, 2.24) is 4.90 Å². The number of nitro groups is 1. The summed E-state index contributed by atoms with van der Waals surface area (Å²) in [6.07, 6.45) is 0.507. The van der Waals surface area contributed by atoms with Crippen LogP contribution in [0.3, 0.4) is 0 Å². The average molecular weight is 266 g/mol. The molecule has 0 unspecified atom stereocenters. The van der Waals surface area contributed by atoms with E-state index in [1.165, 1.54) is 17.0 Å². The van der Waals surface area contributed by atoms with Gasteiger partial charge in [-0.1, -0.05) is 0 Å². The summed E-state index contributed by atoms with van der Waals surface area (Å²) in [5, 5.41) is 10.8. The van der Waals surface area contributed by atoms with Crippen molar-refractivity contribution in [3.8, 4) is 5.75 Å². The van der Waals surface area contributed by atoms with Crippen LogP contribution in [0.5, 0.6) is 5.75 Å². The lowest BCUT2D eigenvalue weighted by Crippen LogP contribution is -2.31. The minimum atomic E-state index is -0.656. The van der Waals surface area contributed by atoms with Crippen molar-refractivity contribution in [1.29, 1.82) is 0 Å². The molecule has 0 fully saturated rings. The molecule has 0 N–H and O–H groups in total. The summed E-state index contributed by atoms with van der Waals surface area (Å²) in [6.45, 7) is 2.04. The number of carbonyl (C=O) groups excluding carboxylic acids is 2. The zero-order valence-corrected chi connectivity index (χ0v) is 10.7. The lowest BCUT2D eigenvalue weighted by atomic mass is 10.2. The summed E-state index contributed by atoms with van der Waals surface area (Å²) < 4.78 is 5.13. The van der Waals surface area contributed by atoms with E-state index in [9.17, 15) is 19.7 Å². The van der Waals surface area contributed by atoms with E-state index in [-0.39, 0.29) is 29.5 Å². The van der Waals surface area contributed by atoms with Gasteiger partial charge in [0.1, 0.15) is 6.29 Å². The molecule has 102 valence electrons. The highest BCUT2D eigenvalue weighted by molar-refractivity contribution is 5.78. The highest BCUT2D eigenvalue weighted by atomic mass is 16.6. The summed E-state index contributed by atoms with van der Waals surface area (Å²) in [6, 6.07) is 3.81. The number of amides is 1. The van der Waals surface area contributed by atoms with Crippen molar-refractivity contribution in [3.05, 3.63) is 33.9 Å². The third-order valence-electron chi connectivity index (χ3n) is 2.57. The van der Waals surface area contributed by atoms with Gasteiger partial charge in [-0.15, -0.1) is 0 Å². The van der Waals surface area contributed by atoms with Gasteiger partial charge in [-0.25, -0.2) is 0 Å². The maximum absolute atomic E-state index is 11.5. The largest absolute Gasteiger partial charge is 0.477 e. The Hall–Kier alpha value is -2.44. The van der Waals surface area contributed by atoms with E-state index >= 15 is 0 Å². The summed E-state index contributed by atoms with van der Waals surface area (Å²) in [5.41, 5.74) is -0.160. The van der Waals surface area contributed by atoms with E-state index < -0.39 is 4.92 Å². The molecule has 0 aliphatic heterocycles. The fourth-order valence-electron chi connectivity index (χ4n) is 1.30. The van der Waals surface area contributed by atoms with Gasteiger partial charge in [0.05, 0.1) is 4.92 Å². The minimum Gasteiger partial charge on any atom is -0.477 e. The summed E-state index contributed by atoms with van der Waals surface area (Å²) >= 11 is 0. The van der Waals surface area contributed by atoms with Crippen LogP contribution in [0.25, 0.3) is 0 Å². The maximum Gasteiger partial charge on any atom is 0.311 e. The van der Waals surface area contributed by atoms with E-state index in [0.717, 1.165) is 6.07 Å². The van der Waals surface area contributed by atoms with Gasteiger partial charge in [-0.2, -0.15) is 0 Å². The number of carbonyl (C=O) groups is 2. The Morgan fingerprint density at radius 2 is 2.21 bits per heavy atom. The van der Waals surface area contributed by atoms with Crippen LogP contribution in [0.1, 0.15) is 17.3 Å². The molecule has 0 aliphatic carbocycles. The Balaban J connectivity index is 2.86. The molecule has 0 aliphatic rings. The smallest absolute Gasteiger partial charge is 0.311 e. The summed E-state index contributed by atoms with van der Waals surface area (Å²) in [5.74, 6) is -0.315. The molecule has 1 aromatic carbocycles. The van der Waals surface area contributed by atoms with Gasteiger partial charge in [-0.05, 0) is 19.1 Å². The Labute approximate surface area is 109 Å². The molecule has 0 bridgehead atoms. The van der Waals surface area contributed by atoms with Crippen LogP contribution in [-0.2, 0) is 4.79 Å². The van der Waals surface area contributed by atoms with Gasteiger partial charge in [0, 0.05) is 25.2 Å². The second kappa shape index (κ2) is 6.48. The second-order valence-electron chi connectivity index (χ2n) is 3.80. The van der Waals surface area contributed by atoms with Gasteiger partial charge in [0.15, 0.2) is 12.4 Å². The van der Waals surface area contributed by atoms with Crippen molar-refractivity contribution in [2.24, 2.45) is 0 Å². The molecule has 7 nitrogen and oxygen atoms in total. The van der Waals surface area contributed by atoms with Crippen LogP contribution in [0.4, 0.5) is 5.69 Å². The van der Waals surface area contributed by atoms with Gasteiger partial charge < -0.3 is 9.64 Å². The maximum atomic E-state index is 11.5. The summed E-state index contributed by atoms with van der Waals surface area (Å²) in [4.78, 5) is 33.7. The number of nitro benzene ring substituents is 1. The molecule has 0 radical (unpaired) electrons. The first-order valence-electron chi connectivity index (χ1n) is 5.60. The first-order valence-corrected chi connectivity index (χ1v) is 5.60.